The predicted molar refractivity (Wildman–Crippen MR) is 131 cm³/mol. The summed E-state index contributed by atoms with van der Waals surface area (Å²) in [5.74, 6) is 0.459. The van der Waals surface area contributed by atoms with Gasteiger partial charge in [0.05, 0.1) is 22.3 Å². The lowest BCUT2D eigenvalue weighted by molar-refractivity contribution is -0.762. The van der Waals surface area contributed by atoms with Crippen LogP contribution in [0.5, 0.6) is 0 Å². The zero-order valence-electron chi connectivity index (χ0n) is 19.1. The van der Waals surface area contributed by atoms with E-state index in [0.29, 0.717) is 27.7 Å². The summed E-state index contributed by atoms with van der Waals surface area (Å²) in [5, 5.41) is 6.10. The Hall–Kier alpha value is -3.72. The second kappa shape index (κ2) is 8.57. The second-order valence-corrected chi connectivity index (χ2v) is 9.25. The lowest BCUT2D eigenvalue weighted by Gasteiger charge is -2.31. The normalized spacial score (nSPS) is 14.7. The quantitative estimate of drug-likeness (QED) is 0.359. The van der Waals surface area contributed by atoms with Gasteiger partial charge in [-0.15, -0.1) is 0 Å². The molecule has 1 amide bonds. The molecule has 9 heteroatoms. The number of para-hydroxylation sites is 2. The molecule has 0 spiro atoms. The lowest BCUT2D eigenvalue weighted by Crippen LogP contribution is -2.60. The van der Waals surface area contributed by atoms with Crippen molar-refractivity contribution in [3.8, 4) is 11.3 Å². The van der Waals surface area contributed by atoms with Crippen molar-refractivity contribution in [2.75, 3.05) is 10.7 Å². The number of thioether (sulfide) groups is 1. The van der Waals surface area contributed by atoms with Gasteiger partial charge in [-0.05, 0) is 29.3 Å². The van der Waals surface area contributed by atoms with Crippen molar-refractivity contribution in [3.63, 3.8) is 0 Å². The third kappa shape index (κ3) is 3.43. The molecule has 1 N–H and O–H groups in total. The summed E-state index contributed by atoms with van der Waals surface area (Å²) in [7, 11) is 0. The van der Waals surface area contributed by atoms with Gasteiger partial charge in [0.25, 0.3) is 6.17 Å². The fourth-order valence-corrected chi connectivity index (χ4v) is 5.24. The Labute approximate surface area is 200 Å². The van der Waals surface area contributed by atoms with Crippen LogP contribution in [0.15, 0.2) is 64.7 Å². The SMILES string of the molecule is CCCSc1n[n+]2c(c(=O)[nH]1)-c1ccccc1N(C(C)=O)C2c1cn(C(C)=O)c2ccccc12. The summed E-state index contributed by atoms with van der Waals surface area (Å²) < 4.78 is 3.20. The number of aromatic nitrogens is 4. The van der Waals surface area contributed by atoms with E-state index in [1.807, 2.05) is 48.5 Å². The number of benzene rings is 2. The van der Waals surface area contributed by atoms with Gasteiger partial charge >= 0.3 is 11.3 Å². The Balaban J connectivity index is 1.87. The maximum Gasteiger partial charge on any atom is 0.325 e. The van der Waals surface area contributed by atoms with Crippen LogP contribution in [0.25, 0.3) is 22.2 Å². The summed E-state index contributed by atoms with van der Waals surface area (Å²) >= 11 is 1.46. The molecule has 0 saturated carbocycles. The number of hydrogen-bond donors (Lipinski definition) is 1. The molecule has 0 aliphatic carbocycles. The monoisotopic (exact) mass is 474 g/mol. The van der Waals surface area contributed by atoms with Gasteiger partial charge in [-0.2, -0.15) is 0 Å². The van der Waals surface area contributed by atoms with Crippen LogP contribution < -0.4 is 15.1 Å². The first-order valence-electron chi connectivity index (χ1n) is 11.1. The minimum atomic E-state index is -0.740. The molecular weight excluding hydrogens is 450 g/mol. The van der Waals surface area contributed by atoms with Crippen LogP contribution in [0.2, 0.25) is 0 Å². The highest BCUT2D eigenvalue weighted by molar-refractivity contribution is 7.99. The molecule has 172 valence electrons. The van der Waals surface area contributed by atoms with Crippen molar-refractivity contribution in [1.82, 2.24) is 14.6 Å². The molecule has 2 aromatic heterocycles. The van der Waals surface area contributed by atoms with E-state index < -0.39 is 6.17 Å². The standard InChI is InChI=1S/C25H23N5O3S/c1-4-13-34-25-26-23(33)22-18-10-6-8-12-21(18)29(16(3)32)24(30(22)27-25)19-14-28(15(2)31)20-11-7-5-9-17(19)20/h5-12,14,24H,4,13H2,1-3H3/p+1. The van der Waals surface area contributed by atoms with Crippen molar-refractivity contribution in [2.24, 2.45) is 0 Å². The van der Waals surface area contributed by atoms with Crippen LogP contribution >= 0.6 is 11.8 Å². The third-order valence-electron chi connectivity index (χ3n) is 5.90. The minimum absolute atomic E-state index is 0.142. The largest absolute Gasteiger partial charge is 0.325 e. The number of anilines is 1. The average molecular weight is 475 g/mol. The molecule has 5 rings (SSSR count). The Morgan fingerprint density at radius 2 is 1.82 bits per heavy atom. The van der Waals surface area contributed by atoms with Crippen LogP contribution in [0.1, 0.15) is 43.7 Å². The van der Waals surface area contributed by atoms with E-state index in [9.17, 15) is 14.4 Å². The van der Waals surface area contributed by atoms with Crippen molar-refractivity contribution < 1.29 is 14.3 Å². The molecule has 2 aromatic carbocycles. The Morgan fingerprint density at radius 1 is 1.09 bits per heavy atom. The number of fused-ring (bicyclic) bond motifs is 4. The molecule has 0 radical (unpaired) electrons. The Kier molecular flexibility index (Phi) is 5.57. The molecule has 0 fully saturated rings. The first kappa shape index (κ1) is 22.1. The van der Waals surface area contributed by atoms with Gasteiger partial charge < -0.3 is 0 Å². The first-order valence-corrected chi connectivity index (χ1v) is 12.1. The zero-order valence-corrected chi connectivity index (χ0v) is 19.9. The summed E-state index contributed by atoms with van der Waals surface area (Å²) in [6.45, 7) is 5.06. The topological polar surface area (TPSA) is 91.9 Å². The maximum absolute atomic E-state index is 13.3. The van der Waals surface area contributed by atoms with Gasteiger partial charge in [-0.3, -0.25) is 23.9 Å². The molecular formula is C25H24N5O3S+. The van der Waals surface area contributed by atoms with Gasteiger partial charge in [-0.25, -0.2) is 4.90 Å². The summed E-state index contributed by atoms with van der Waals surface area (Å²) in [6.07, 6.45) is 1.94. The van der Waals surface area contributed by atoms with Crippen LogP contribution in [-0.4, -0.2) is 32.2 Å². The van der Waals surface area contributed by atoms with E-state index >= 15 is 0 Å². The van der Waals surface area contributed by atoms with E-state index in [-0.39, 0.29) is 17.4 Å². The highest BCUT2D eigenvalue weighted by Gasteiger charge is 2.46. The van der Waals surface area contributed by atoms with Crippen molar-refractivity contribution in [2.45, 2.75) is 38.5 Å². The zero-order chi connectivity index (χ0) is 24.0. The van der Waals surface area contributed by atoms with Crippen LogP contribution in [0, 0.1) is 0 Å². The number of aromatic amines is 1. The van der Waals surface area contributed by atoms with Crippen molar-refractivity contribution in [3.05, 3.63) is 70.6 Å². The molecule has 1 unspecified atom stereocenters. The molecule has 1 atom stereocenters. The summed E-state index contributed by atoms with van der Waals surface area (Å²) in [4.78, 5) is 43.4. The number of carbonyl (C=O) groups is 2. The maximum atomic E-state index is 13.3. The summed E-state index contributed by atoms with van der Waals surface area (Å²) in [5.41, 5.74) is 2.81. The number of hydrogen-bond acceptors (Lipinski definition) is 5. The molecule has 1 aliphatic heterocycles. The van der Waals surface area contributed by atoms with Gasteiger partial charge in [0.2, 0.25) is 17.0 Å². The number of rotatable bonds is 4. The van der Waals surface area contributed by atoms with E-state index in [2.05, 4.69) is 11.9 Å². The van der Waals surface area contributed by atoms with Crippen LogP contribution in [0.4, 0.5) is 5.69 Å². The van der Waals surface area contributed by atoms with Gasteiger partial charge in [0.1, 0.15) is 0 Å². The number of nitrogens with one attached hydrogen (secondary N) is 1. The van der Waals surface area contributed by atoms with Gasteiger partial charge in [0, 0.05) is 36.3 Å². The highest BCUT2D eigenvalue weighted by atomic mass is 32.2. The molecule has 0 saturated heterocycles. The van der Waals surface area contributed by atoms with Gasteiger partial charge in [0.15, 0.2) is 0 Å². The molecule has 3 heterocycles. The van der Waals surface area contributed by atoms with Gasteiger partial charge in [-0.1, -0.05) is 49.0 Å². The van der Waals surface area contributed by atoms with Crippen LogP contribution in [0.3, 0.4) is 0 Å². The van der Waals surface area contributed by atoms with E-state index in [0.717, 1.165) is 23.1 Å². The smallest absolute Gasteiger partial charge is 0.291 e. The fourth-order valence-electron chi connectivity index (χ4n) is 4.53. The van der Waals surface area contributed by atoms with E-state index in [4.69, 9.17) is 5.10 Å². The molecule has 34 heavy (non-hydrogen) atoms. The number of H-pyrrole nitrogens is 1. The number of amides is 1. The molecule has 8 nitrogen and oxygen atoms in total. The fraction of sp³-hybridized carbons (Fsp3) is 0.240. The predicted octanol–water partition coefficient (Wildman–Crippen LogP) is 3.75. The average Bonchev–Trinajstić information content (AvgIpc) is 3.21. The third-order valence-corrected chi connectivity index (χ3v) is 6.97. The molecule has 0 bridgehead atoms. The Morgan fingerprint density at radius 3 is 2.56 bits per heavy atom. The van der Waals surface area contributed by atoms with Crippen molar-refractivity contribution in [1.29, 1.82) is 0 Å². The highest BCUT2D eigenvalue weighted by Crippen LogP contribution is 2.39. The summed E-state index contributed by atoms with van der Waals surface area (Å²) in [6, 6.07) is 14.9. The van der Waals surface area contributed by atoms with Crippen LogP contribution in [-0.2, 0) is 4.79 Å². The molecule has 1 aliphatic rings. The Bertz CT molecular complexity index is 1510. The lowest BCUT2D eigenvalue weighted by atomic mass is 10.0. The number of nitrogens with zero attached hydrogens (tertiary/aromatic N) is 4. The van der Waals surface area contributed by atoms with E-state index in [1.54, 1.807) is 20.3 Å². The minimum Gasteiger partial charge on any atom is -0.291 e. The number of carbonyl (C=O) groups excluding carboxylic acids is 2. The first-order chi connectivity index (χ1) is 16.4. The van der Waals surface area contributed by atoms with Crippen molar-refractivity contribution >= 4 is 40.2 Å². The molecule has 4 aromatic rings. The van der Waals surface area contributed by atoms with E-state index in [1.165, 1.54) is 25.6 Å². The second-order valence-electron chi connectivity index (χ2n) is 8.17.